The van der Waals surface area contributed by atoms with Crippen molar-refractivity contribution in [1.82, 2.24) is 15.2 Å². The van der Waals surface area contributed by atoms with Gasteiger partial charge in [0.15, 0.2) is 11.0 Å². The molecule has 0 aromatic carbocycles. The first-order valence-corrected chi connectivity index (χ1v) is 5.33. The fraction of sp³-hybridized carbons (Fsp3) is 0.625. The summed E-state index contributed by atoms with van der Waals surface area (Å²) in [6.07, 6.45) is 3.59. The summed E-state index contributed by atoms with van der Waals surface area (Å²) in [5.41, 5.74) is 0. The lowest BCUT2D eigenvalue weighted by atomic mass is 10.1. The van der Waals surface area contributed by atoms with Crippen molar-refractivity contribution in [3.63, 3.8) is 0 Å². The number of nitrogens with zero attached hydrogens (tertiary/aromatic N) is 4. The lowest BCUT2D eigenvalue weighted by Crippen LogP contribution is -2.30. The van der Waals surface area contributed by atoms with Crippen LogP contribution in [0.3, 0.4) is 0 Å². The van der Waals surface area contributed by atoms with E-state index in [4.69, 9.17) is 23.2 Å². The zero-order valence-electron chi connectivity index (χ0n) is 7.58. The average molecular weight is 233 g/mol. The van der Waals surface area contributed by atoms with Crippen molar-refractivity contribution in [3.05, 3.63) is 10.4 Å². The molecule has 0 amide bonds. The molecule has 14 heavy (non-hydrogen) atoms. The molecule has 0 saturated carbocycles. The normalized spacial score (nSPS) is 17.1. The number of piperidine rings is 1. The predicted octanol–water partition coefficient (Wildman–Crippen LogP) is 2.17. The number of rotatable bonds is 1. The summed E-state index contributed by atoms with van der Waals surface area (Å²) in [7, 11) is 0. The minimum absolute atomic E-state index is 0.148. The lowest BCUT2D eigenvalue weighted by molar-refractivity contribution is 0.571. The van der Waals surface area contributed by atoms with Crippen molar-refractivity contribution in [1.29, 1.82) is 0 Å². The molecule has 76 valence electrons. The Labute approximate surface area is 92.2 Å². The van der Waals surface area contributed by atoms with Gasteiger partial charge in [-0.2, -0.15) is 4.98 Å². The molecule has 1 fully saturated rings. The first-order chi connectivity index (χ1) is 6.77. The van der Waals surface area contributed by atoms with Crippen LogP contribution in [0.15, 0.2) is 0 Å². The summed E-state index contributed by atoms with van der Waals surface area (Å²) in [5.74, 6) is 0.659. The van der Waals surface area contributed by atoms with E-state index in [1.165, 1.54) is 6.42 Å². The standard InChI is InChI=1S/C8H10Cl2N4/c9-6-7(11-8(10)13-12-6)14-4-2-1-3-5-14/h1-5H2. The molecule has 0 N–H and O–H groups in total. The molecule has 0 atom stereocenters. The first-order valence-electron chi connectivity index (χ1n) is 4.58. The molecule has 1 aliphatic rings. The van der Waals surface area contributed by atoms with Crippen molar-refractivity contribution >= 4 is 29.0 Å². The molecule has 0 aliphatic carbocycles. The third kappa shape index (κ3) is 2.07. The van der Waals surface area contributed by atoms with Gasteiger partial charge in [-0.3, -0.25) is 0 Å². The maximum Gasteiger partial charge on any atom is 0.245 e. The fourth-order valence-corrected chi connectivity index (χ4v) is 1.91. The van der Waals surface area contributed by atoms with Crippen molar-refractivity contribution in [2.75, 3.05) is 18.0 Å². The van der Waals surface area contributed by atoms with Crippen molar-refractivity contribution in [2.45, 2.75) is 19.3 Å². The van der Waals surface area contributed by atoms with Gasteiger partial charge >= 0.3 is 0 Å². The number of anilines is 1. The van der Waals surface area contributed by atoms with E-state index in [2.05, 4.69) is 20.1 Å². The molecule has 2 rings (SSSR count). The molecular formula is C8H10Cl2N4. The Balaban J connectivity index is 2.24. The lowest BCUT2D eigenvalue weighted by Gasteiger charge is -2.27. The second kappa shape index (κ2) is 4.28. The summed E-state index contributed by atoms with van der Waals surface area (Å²) >= 11 is 11.6. The van der Waals surface area contributed by atoms with E-state index >= 15 is 0 Å². The summed E-state index contributed by atoms with van der Waals surface area (Å²) in [6, 6.07) is 0. The molecule has 0 spiro atoms. The topological polar surface area (TPSA) is 41.9 Å². The average Bonchev–Trinajstić information content (AvgIpc) is 2.23. The third-order valence-electron chi connectivity index (χ3n) is 2.26. The Bertz CT molecular complexity index is 325. The van der Waals surface area contributed by atoms with Crippen LogP contribution in [0.4, 0.5) is 5.82 Å². The van der Waals surface area contributed by atoms with E-state index in [-0.39, 0.29) is 5.28 Å². The summed E-state index contributed by atoms with van der Waals surface area (Å²) in [4.78, 5) is 6.19. The fourth-order valence-electron chi connectivity index (χ4n) is 1.59. The van der Waals surface area contributed by atoms with Crippen LogP contribution in [0, 0.1) is 0 Å². The van der Waals surface area contributed by atoms with E-state index in [1.54, 1.807) is 0 Å². The molecular weight excluding hydrogens is 223 g/mol. The maximum absolute atomic E-state index is 5.89. The van der Waals surface area contributed by atoms with Gasteiger partial charge in [0.2, 0.25) is 5.28 Å². The molecule has 4 nitrogen and oxygen atoms in total. The Morgan fingerprint density at radius 2 is 1.71 bits per heavy atom. The predicted molar refractivity (Wildman–Crippen MR) is 55.9 cm³/mol. The van der Waals surface area contributed by atoms with Gasteiger partial charge in [0.25, 0.3) is 0 Å². The molecule has 6 heteroatoms. The van der Waals surface area contributed by atoms with Crippen molar-refractivity contribution < 1.29 is 0 Å². The van der Waals surface area contributed by atoms with Gasteiger partial charge in [-0.25, -0.2) is 0 Å². The maximum atomic E-state index is 5.89. The molecule has 1 saturated heterocycles. The van der Waals surface area contributed by atoms with Crippen LogP contribution in [0.5, 0.6) is 0 Å². The van der Waals surface area contributed by atoms with Crippen molar-refractivity contribution in [2.24, 2.45) is 0 Å². The second-order valence-electron chi connectivity index (χ2n) is 3.24. The Kier molecular flexibility index (Phi) is 3.03. The smallest absolute Gasteiger partial charge is 0.245 e. The zero-order chi connectivity index (χ0) is 9.97. The highest BCUT2D eigenvalue weighted by Gasteiger charge is 2.16. The number of halogens is 2. The first kappa shape index (κ1) is 9.93. The minimum atomic E-state index is 0.148. The van der Waals surface area contributed by atoms with Gasteiger partial charge in [-0.15, -0.1) is 10.2 Å². The van der Waals surface area contributed by atoms with Crippen molar-refractivity contribution in [3.8, 4) is 0 Å². The van der Waals surface area contributed by atoms with Crippen LogP contribution < -0.4 is 4.90 Å². The molecule has 1 aliphatic heterocycles. The molecule has 1 aromatic rings. The van der Waals surface area contributed by atoms with E-state index in [0.717, 1.165) is 25.9 Å². The van der Waals surface area contributed by atoms with Gasteiger partial charge < -0.3 is 4.90 Å². The highest BCUT2D eigenvalue weighted by molar-refractivity contribution is 6.32. The van der Waals surface area contributed by atoms with Crippen LogP contribution in [-0.2, 0) is 0 Å². The van der Waals surface area contributed by atoms with Crippen LogP contribution in [0.2, 0.25) is 10.4 Å². The molecule has 0 unspecified atom stereocenters. The SMILES string of the molecule is Clc1nnc(Cl)c(N2CCCCC2)n1. The quantitative estimate of drug-likeness (QED) is 0.745. The number of hydrogen-bond acceptors (Lipinski definition) is 4. The highest BCUT2D eigenvalue weighted by Crippen LogP contribution is 2.24. The molecule has 0 bridgehead atoms. The summed E-state index contributed by atoms with van der Waals surface area (Å²) in [6.45, 7) is 1.93. The Morgan fingerprint density at radius 1 is 1.00 bits per heavy atom. The molecule has 0 radical (unpaired) electrons. The highest BCUT2D eigenvalue weighted by atomic mass is 35.5. The van der Waals surface area contributed by atoms with Gasteiger partial charge in [0.05, 0.1) is 0 Å². The van der Waals surface area contributed by atoms with Gasteiger partial charge in [0.1, 0.15) is 0 Å². The van der Waals surface area contributed by atoms with Crippen LogP contribution in [0.1, 0.15) is 19.3 Å². The molecule has 2 heterocycles. The van der Waals surface area contributed by atoms with E-state index in [1.807, 2.05) is 0 Å². The van der Waals surface area contributed by atoms with E-state index in [0.29, 0.717) is 11.0 Å². The zero-order valence-corrected chi connectivity index (χ0v) is 9.09. The van der Waals surface area contributed by atoms with E-state index in [9.17, 15) is 0 Å². The monoisotopic (exact) mass is 232 g/mol. The van der Waals surface area contributed by atoms with Gasteiger partial charge in [0, 0.05) is 13.1 Å². The number of hydrogen-bond donors (Lipinski definition) is 0. The Morgan fingerprint density at radius 3 is 2.43 bits per heavy atom. The largest absolute Gasteiger partial charge is 0.354 e. The summed E-state index contributed by atoms with van der Waals surface area (Å²) < 4.78 is 0. The van der Waals surface area contributed by atoms with Crippen LogP contribution >= 0.6 is 23.2 Å². The van der Waals surface area contributed by atoms with Crippen LogP contribution in [-0.4, -0.2) is 28.3 Å². The van der Waals surface area contributed by atoms with E-state index < -0.39 is 0 Å². The third-order valence-corrected chi connectivity index (χ3v) is 2.66. The molecule has 1 aromatic heterocycles. The minimum Gasteiger partial charge on any atom is -0.354 e. The van der Waals surface area contributed by atoms with Gasteiger partial charge in [-0.1, -0.05) is 11.6 Å². The second-order valence-corrected chi connectivity index (χ2v) is 3.94. The number of aromatic nitrogens is 3. The van der Waals surface area contributed by atoms with Gasteiger partial charge in [-0.05, 0) is 30.9 Å². The van der Waals surface area contributed by atoms with Crippen LogP contribution in [0.25, 0.3) is 0 Å². The summed E-state index contributed by atoms with van der Waals surface area (Å²) in [5, 5.41) is 7.79. The Hall–Kier alpha value is -0.610.